The maximum absolute atomic E-state index is 5.87. The zero-order valence-electron chi connectivity index (χ0n) is 14.5. The minimum atomic E-state index is -1.01. The maximum atomic E-state index is 5.87. The third-order valence-electron chi connectivity index (χ3n) is 3.70. The lowest BCUT2D eigenvalue weighted by Crippen LogP contribution is -2.28. The molecule has 2 saturated heterocycles. The molecule has 128 valence electrons. The molecule has 0 bridgehead atoms. The summed E-state index contributed by atoms with van der Waals surface area (Å²) in [5.41, 5.74) is 0. The number of hydrogen-bond acceptors (Lipinski definition) is 5. The third-order valence-corrected chi connectivity index (χ3v) is 5.41. The van der Waals surface area contributed by atoms with Crippen LogP contribution in [0.1, 0.15) is 13.8 Å². The summed E-state index contributed by atoms with van der Waals surface area (Å²) < 4.78 is 28.2. The van der Waals surface area contributed by atoms with E-state index in [2.05, 4.69) is 19.6 Å². The molecule has 0 saturated carbocycles. The van der Waals surface area contributed by atoms with Gasteiger partial charge in [0, 0.05) is 14.7 Å². The van der Waals surface area contributed by atoms with E-state index >= 15 is 0 Å². The lowest BCUT2D eigenvalue weighted by atomic mass is 10.1. The van der Waals surface area contributed by atoms with Crippen molar-refractivity contribution in [1.82, 2.24) is 0 Å². The van der Waals surface area contributed by atoms with Crippen molar-refractivity contribution in [2.75, 3.05) is 26.6 Å². The molecule has 2 aliphatic rings. The molecular weight excluding hydrogens is 300 g/mol. The summed E-state index contributed by atoms with van der Waals surface area (Å²) in [6, 6.07) is 1.16. The predicted molar refractivity (Wildman–Crippen MR) is 87.6 cm³/mol. The molecule has 0 N–H and O–H groups in total. The monoisotopic (exact) mass is 330 g/mol. The number of fused-ring (bicyclic) bond motifs is 1. The highest BCUT2D eigenvalue weighted by molar-refractivity contribution is 6.76. The fourth-order valence-corrected chi connectivity index (χ4v) is 3.30. The van der Waals surface area contributed by atoms with E-state index in [9.17, 15) is 0 Å². The molecular formula is C16H30O5Si. The van der Waals surface area contributed by atoms with Crippen LogP contribution in [0.25, 0.3) is 0 Å². The Kier molecular flexibility index (Phi) is 6.21. The summed E-state index contributed by atoms with van der Waals surface area (Å²) in [4.78, 5) is 0. The smallest absolute Gasteiger partial charge is 0.164 e. The molecule has 5 nitrogen and oxygen atoms in total. The van der Waals surface area contributed by atoms with Gasteiger partial charge < -0.3 is 23.7 Å². The molecule has 3 atom stereocenters. The molecule has 0 aromatic rings. The summed E-state index contributed by atoms with van der Waals surface area (Å²) in [7, 11) is -1.01. The normalized spacial score (nSPS) is 31.0. The fourth-order valence-electron chi connectivity index (χ4n) is 2.54. The van der Waals surface area contributed by atoms with Crippen molar-refractivity contribution in [3.05, 3.63) is 12.2 Å². The Hall–Kier alpha value is -0.243. The number of rotatable bonds is 8. The first-order valence-electron chi connectivity index (χ1n) is 8.06. The zero-order chi connectivity index (χ0) is 16.2. The second kappa shape index (κ2) is 7.55. The molecule has 0 spiro atoms. The fraction of sp³-hybridized carbons (Fsp3) is 0.875. The van der Waals surface area contributed by atoms with Gasteiger partial charge in [0.1, 0.15) is 25.1 Å². The second-order valence-electron chi connectivity index (χ2n) is 7.57. The van der Waals surface area contributed by atoms with Crippen LogP contribution in [-0.2, 0) is 23.7 Å². The molecule has 2 rings (SSSR count). The summed E-state index contributed by atoms with van der Waals surface area (Å²) in [6.45, 7) is 13.1. The van der Waals surface area contributed by atoms with Crippen LogP contribution in [-0.4, -0.2) is 58.8 Å². The first-order chi connectivity index (χ1) is 10.3. The van der Waals surface area contributed by atoms with Gasteiger partial charge in [0.2, 0.25) is 0 Å². The van der Waals surface area contributed by atoms with Gasteiger partial charge >= 0.3 is 0 Å². The van der Waals surface area contributed by atoms with E-state index in [1.54, 1.807) is 0 Å². The Morgan fingerprint density at radius 2 is 1.95 bits per heavy atom. The van der Waals surface area contributed by atoms with Crippen LogP contribution in [0.5, 0.6) is 0 Å². The Balaban J connectivity index is 1.57. The SMILES string of the molecule is CC1(C)O[C@H]2[C@H](/C=C/COCOCC[Si](C)(C)C)OC[C@H]2O1. The van der Waals surface area contributed by atoms with E-state index in [1.807, 2.05) is 26.0 Å². The van der Waals surface area contributed by atoms with Crippen LogP contribution in [0.2, 0.25) is 25.7 Å². The van der Waals surface area contributed by atoms with Crippen molar-refractivity contribution < 1.29 is 23.7 Å². The van der Waals surface area contributed by atoms with Gasteiger partial charge in [-0.2, -0.15) is 0 Å². The lowest BCUT2D eigenvalue weighted by molar-refractivity contribution is -0.170. The van der Waals surface area contributed by atoms with Gasteiger partial charge in [0.05, 0.1) is 13.2 Å². The van der Waals surface area contributed by atoms with Crippen molar-refractivity contribution in [3.8, 4) is 0 Å². The Morgan fingerprint density at radius 3 is 2.68 bits per heavy atom. The quantitative estimate of drug-likeness (QED) is 0.296. The Morgan fingerprint density at radius 1 is 1.18 bits per heavy atom. The van der Waals surface area contributed by atoms with E-state index in [-0.39, 0.29) is 18.3 Å². The van der Waals surface area contributed by atoms with Crippen LogP contribution in [0, 0.1) is 0 Å². The van der Waals surface area contributed by atoms with Gasteiger partial charge in [-0.05, 0) is 19.9 Å². The number of ether oxygens (including phenoxy) is 5. The van der Waals surface area contributed by atoms with Crippen molar-refractivity contribution in [1.29, 1.82) is 0 Å². The van der Waals surface area contributed by atoms with Gasteiger partial charge in [-0.25, -0.2) is 0 Å². The molecule has 2 aliphatic heterocycles. The zero-order valence-corrected chi connectivity index (χ0v) is 15.5. The molecule has 2 heterocycles. The molecule has 0 unspecified atom stereocenters. The van der Waals surface area contributed by atoms with Gasteiger partial charge in [-0.15, -0.1) is 0 Å². The van der Waals surface area contributed by atoms with Gasteiger partial charge in [-0.1, -0.05) is 31.8 Å². The average Bonchev–Trinajstić information content (AvgIpc) is 2.87. The van der Waals surface area contributed by atoms with Crippen molar-refractivity contribution in [2.45, 2.75) is 63.6 Å². The molecule has 0 radical (unpaired) electrons. The van der Waals surface area contributed by atoms with E-state index in [1.165, 1.54) is 0 Å². The standard InChI is InChI=1S/C16H30O5Si/c1-16(2)20-14-11-19-13(15(14)21-16)7-6-8-17-12-18-9-10-22(3,4)5/h6-7,13-15H,8-12H2,1-5H3/b7-6+/t13-,14+,15-/m0/s1. The lowest BCUT2D eigenvalue weighted by Gasteiger charge is -2.20. The van der Waals surface area contributed by atoms with E-state index in [4.69, 9.17) is 23.7 Å². The van der Waals surface area contributed by atoms with Crippen molar-refractivity contribution in [3.63, 3.8) is 0 Å². The van der Waals surface area contributed by atoms with Crippen LogP contribution in [0.15, 0.2) is 12.2 Å². The maximum Gasteiger partial charge on any atom is 0.164 e. The highest BCUT2D eigenvalue weighted by Gasteiger charge is 2.49. The van der Waals surface area contributed by atoms with Crippen molar-refractivity contribution >= 4 is 8.07 Å². The molecule has 22 heavy (non-hydrogen) atoms. The van der Waals surface area contributed by atoms with E-state index in [0.717, 1.165) is 12.7 Å². The van der Waals surface area contributed by atoms with Crippen LogP contribution < -0.4 is 0 Å². The molecule has 0 amide bonds. The average molecular weight is 330 g/mol. The van der Waals surface area contributed by atoms with Crippen molar-refractivity contribution in [2.24, 2.45) is 0 Å². The van der Waals surface area contributed by atoms with Crippen LogP contribution in [0.4, 0.5) is 0 Å². The minimum absolute atomic E-state index is 0.0146. The molecule has 0 aliphatic carbocycles. The highest BCUT2D eigenvalue weighted by atomic mass is 28.3. The van der Waals surface area contributed by atoms with Crippen LogP contribution in [0.3, 0.4) is 0 Å². The molecule has 2 fully saturated rings. The van der Waals surface area contributed by atoms with E-state index in [0.29, 0.717) is 20.0 Å². The van der Waals surface area contributed by atoms with Gasteiger partial charge in [-0.3, -0.25) is 0 Å². The molecule has 0 aromatic heterocycles. The van der Waals surface area contributed by atoms with Gasteiger partial charge in [0.15, 0.2) is 5.79 Å². The Bertz CT molecular complexity index is 377. The predicted octanol–water partition coefficient (Wildman–Crippen LogP) is 2.79. The van der Waals surface area contributed by atoms with E-state index < -0.39 is 13.9 Å². The second-order valence-corrected chi connectivity index (χ2v) is 13.2. The Labute approximate surface area is 134 Å². The third kappa shape index (κ3) is 5.75. The van der Waals surface area contributed by atoms with Crippen LogP contribution >= 0.6 is 0 Å². The summed E-state index contributed by atoms with van der Waals surface area (Å²) >= 11 is 0. The first kappa shape index (κ1) is 18.1. The largest absolute Gasteiger partial charge is 0.369 e. The topological polar surface area (TPSA) is 46.2 Å². The molecule has 6 heteroatoms. The molecule has 0 aromatic carbocycles. The number of hydrogen-bond donors (Lipinski definition) is 0. The first-order valence-corrected chi connectivity index (χ1v) is 11.8. The summed E-state index contributed by atoms with van der Waals surface area (Å²) in [5.74, 6) is -0.508. The summed E-state index contributed by atoms with van der Waals surface area (Å²) in [6.07, 6.45) is 3.93. The van der Waals surface area contributed by atoms with Gasteiger partial charge in [0.25, 0.3) is 0 Å². The highest BCUT2D eigenvalue weighted by Crippen LogP contribution is 2.35. The summed E-state index contributed by atoms with van der Waals surface area (Å²) in [5, 5.41) is 0. The minimum Gasteiger partial charge on any atom is -0.369 e.